The van der Waals surface area contributed by atoms with Crippen LogP contribution in [0.3, 0.4) is 0 Å². The van der Waals surface area contributed by atoms with Gasteiger partial charge in [-0.1, -0.05) is 12.8 Å². The van der Waals surface area contributed by atoms with Gasteiger partial charge in [0.25, 0.3) is 0 Å². The van der Waals surface area contributed by atoms with Crippen LogP contribution in [0.1, 0.15) is 51.4 Å². The highest BCUT2D eigenvalue weighted by Crippen LogP contribution is 2.20. The van der Waals surface area contributed by atoms with Gasteiger partial charge < -0.3 is 16.0 Å². The lowest BCUT2D eigenvalue weighted by Crippen LogP contribution is -2.29. The average molecular weight is 304 g/mol. The lowest BCUT2D eigenvalue weighted by atomic mass is 10.1. The van der Waals surface area contributed by atoms with E-state index in [0.717, 1.165) is 51.0 Å². The Hall–Kier alpha value is -1.62. The van der Waals surface area contributed by atoms with Crippen molar-refractivity contribution in [3.63, 3.8) is 0 Å². The second-order valence-electron chi connectivity index (χ2n) is 5.95. The van der Waals surface area contributed by atoms with Gasteiger partial charge in [-0.3, -0.25) is 4.79 Å². The molecule has 5 heteroatoms. The van der Waals surface area contributed by atoms with Gasteiger partial charge in [0.05, 0.1) is 11.9 Å². The minimum atomic E-state index is 0.0472. The molecule has 1 aliphatic rings. The first-order valence-electron chi connectivity index (χ1n) is 8.50. The fourth-order valence-corrected chi connectivity index (χ4v) is 2.79. The normalized spacial score (nSPS) is 14.9. The van der Waals surface area contributed by atoms with E-state index in [0.29, 0.717) is 12.2 Å². The zero-order valence-electron chi connectivity index (χ0n) is 13.4. The van der Waals surface area contributed by atoms with Crippen LogP contribution in [0.2, 0.25) is 0 Å². The molecule has 0 aromatic carbocycles. The molecule has 0 atom stereocenters. The summed E-state index contributed by atoms with van der Waals surface area (Å²) in [6.07, 6.45) is 10.4. The molecule has 1 saturated heterocycles. The summed E-state index contributed by atoms with van der Waals surface area (Å²) in [5, 5.41) is 2.87. The Morgan fingerprint density at radius 2 is 1.91 bits per heavy atom. The van der Waals surface area contributed by atoms with Crippen molar-refractivity contribution in [2.24, 2.45) is 5.73 Å². The monoisotopic (exact) mass is 304 g/mol. The summed E-state index contributed by atoms with van der Waals surface area (Å²) in [5.74, 6) is 0.693. The van der Waals surface area contributed by atoms with Crippen LogP contribution >= 0.6 is 0 Å². The van der Waals surface area contributed by atoms with E-state index >= 15 is 0 Å². The highest BCUT2D eigenvalue weighted by atomic mass is 16.1. The van der Waals surface area contributed by atoms with Crippen LogP contribution in [0.4, 0.5) is 11.5 Å². The number of anilines is 2. The summed E-state index contributed by atoms with van der Waals surface area (Å²) in [5.41, 5.74) is 6.60. The molecule has 0 saturated carbocycles. The Kier molecular flexibility index (Phi) is 7.16. The molecular weight excluding hydrogens is 276 g/mol. The van der Waals surface area contributed by atoms with Gasteiger partial charge in [0, 0.05) is 19.5 Å². The van der Waals surface area contributed by atoms with E-state index in [9.17, 15) is 4.79 Å². The number of nitrogens with two attached hydrogens (primary N) is 1. The number of hydrogen-bond acceptors (Lipinski definition) is 4. The van der Waals surface area contributed by atoms with Crippen LogP contribution in [0.15, 0.2) is 18.3 Å². The molecule has 22 heavy (non-hydrogen) atoms. The molecule has 1 aromatic heterocycles. The molecule has 0 spiro atoms. The maximum absolute atomic E-state index is 11.8. The van der Waals surface area contributed by atoms with Gasteiger partial charge in [0.2, 0.25) is 5.91 Å². The van der Waals surface area contributed by atoms with E-state index in [2.05, 4.69) is 21.3 Å². The second kappa shape index (κ2) is 9.41. The number of piperidine rings is 1. The molecule has 2 heterocycles. The van der Waals surface area contributed by atoms with Crippen LogP contribution in [0, 0.1) is 0 Å². The van der Waals surface area contributed by atoms with Crippen LogP contribution in [-0.2, 0) is 4.79 Å². The first kappa shape index (κ1) is 16.7. The highest BCUT2D eigenvalue weighted by molar-refractivity contribution is 5.89. The van der Waals surface area contributed by atoms with Crippen molar-refractivity contribution >= 4 is 17.4 Å². The van der Waals surface area contributed by atoms with Crippen molar-refractivity contribution in [3.05, 3.63) is 18.3 Å². The minimum Gasteiger partial charge on any atom is -0.370 e. The van der Waals surface area contributed by atoms with Crippen molar-refractivity contribution in [3.8, 4) is 0 Å². The maximum atomic E-state index is 11.8. The quantitative estimate of drug-likeness (QED) is 0.724. The molecular formula is C17H28N4O. The van der Waals surface area contributed by atoms with E-state index in [1.54, 1.807) is 0 Å². The molecule has 3 N–H and O–H groups in total. The molecule has 1 aliphatic heterocycles. The third kappa shape index (κ3) is 5.64. The maximum Gasteiger partial charge on any atom is 0.225 e. The van der Waals surface area contributed by atoms with Gasteiger partial charge in [-0.05, 0) is 50.8 Å². The van der Waals surface area contributed by atoms with E-state index in [1.165, 1.54) is 19.3 Å². The van der Waals surface area contributed by atoms with Crippen molar-refractivity contribution in [1.29, 1.82) is 0 Å². The molecule has 5 nitrogen and oxygen atoms in total. The SMILES string of the molecule is NCCCCCCC(=O)Nc1ccc(N2CCCCC2)cn1. The summed E-state index contributed by atoms with van der Waals surface area (Å²) in [4.78, 5) is 18.6. The first-order valence-corrected chi connectivity index (χ1v) is 8.50. The predicted octanol–water partition coefficient (Wildman–Crippen LogP) is 2.92. The van der Waals surface area contributed by atoms with Crippen LogP contribution in [-0.4, -0.2) is 30.5 Å². The molecule has 0 aliphatic carbocycles. The Balaban J connectivity index is 1.72. The predicted molar refractivity (Wildman–Crippen MR) is 91.1 cm³/mol. The lowest BCUT2D eigenvalue weighted by molar-refractivity contribution is -0.116. The van der Waals surface area contributed by atoms with Crippen molar-refractivity contribution < 1.29 is 4.79 Å². The van der Waals surface area contributed by atoms with E-state index < -0.39 is 0 Å². The average Bonchev–Trinajstić information content (AvgIpc) is 2.56. The number of aromatic nitrogens is 1. The van der Waals surface area contributed by atoms with Gasteiger partial charge in [-0.15, -0.1) is 0 Å². The Morgan fingerprint density at radius 3 is 2.59 bits per heavy atom. The number of nitrogens with zero attached hydrogens (tertiary/aromatic N) is 2. The summed E-state index contributed by atoms with van der Waals surface area (Å²) in [6.45, 7) is 2.95. The van der Waals surface area contributed by atoms with Gasteiger partial charge in [-0.2, -0.15) is 0 Å². The number of amides is 1. The summed E-state index contributed by atoms with van der Waals surface area (Å²) in [7, 11) is 0. The zero-order valence-corrected chi connectivity index (χ0v) is 13.4. The molecule has 0 radical (unpaired) electrons. The third-order valence-electron chi connectivity index (χ3n) is 4.09. The third-order valence-corrected chi connectivity index (χ3v) is 4.09. The standard InChI is InChI=1S/C17H28N4O/c18-11-5-2-1-4-8-17(22)20-16-10-9-15(14-19-16)21-12-6-3-7-13-21/h9-10,14H,1-8,11-13,18H2,(H,19,20,22). The van der Waals surface area contributed by atoms with Crippen LogP contribution < -0.4 is 16.0 Å². The molecule has 1 aromatic rings. The Bertz CT molecular complexity index is 440. The van der Waals surface area contributed by atoms with Crippen LogP contribution in [0.5, 0.6) is 0 Å². The van der Waals surface area contributed by atoms with Crippen molar-refractivity contribution in [1.82, 2.24) is 4.98 Å². The van der Waals surface area contributed by atoms with Gasteiger partial charge >= 0.3 is 0 Å². The van der Waals surface area contributed by atoms with Crippen LogP contribution in [0.25, 0.3) is 0 Å². The van der Waals surface area contributed by atoms with E-state index in [1.807, 2.05) is 12.3 Å². The van der Waals surface area contributed by atoms with Gasteiger partial charge in [0.1, 0.15) is 5.82 Å². The number of carbonyl (C=O) groups excluding carboxylic acids is 1. The number of nitrogens with one attached hydrogen (secondary N) is 1. The van der Waals surface area contributed by atoms with Crippen molar-refractivity contribution in [2.75, 3.05) is 29.9 Å². The second-order valence-corrected chi connectivity index (χ2v) is 5.95. The fourth-order valence-electron chi connectivity index (χ4n) is 2.79. The lowest BCUT2D eigenvalue weighted by Gasteiger charge is -2.28. The topological polar surface area (TPSA) is 71.2 Å². The molecule has 1 amide bonds. The fraction of sp³-hybridized carbons (Fsp3) is 0.647. The number of rotatable bonds is 8. The zero-order chi connectivity index (χ0) is 15.6. The summed E-state index contributed by atoms with van der Waals surface area (Å²) < 4.78 is 0. The molecule has 1 fully saturated rings. The van der Waals surface area contributed by atoms with E-state index in [4.69, 9.17) is 5.73 Å². The van der Waals surface area contributed by atoms with Crippen molar-refractivity contribution in [2.45, 2.75) is 51.4 Å². The van der Waals surface area contributed by atoms with E-state index in [-0.39, 0.29) is 5.91 Å². The number of pyridine rings is 1. The van der Waals surface area contributed by atoms with Gasteiger partial charge in [-0.25, -0.2) is 4.98 Å². The Morgan fingerprint density at radius 1 is 1.14 bits per heavy atom. The number of unbranched alkanes of at least 4 members (excludes halogenated alkanes) is 3. The minimum absolute atomic E-state index is 0.0472. The largest absolute Gasteiger partial charge is 0.370 e. The smallest absolute Gasteiger partial charge is 0.225 e. The number of carbonyl (C=O) groups is 1. The molecule has 0 bridgehead atoms. The van der Waals surface area contributed by atoms with Gasteiger partial charge in [0.15, 0.2) is 0 Å². The summed E-state index contributed by atoms with van der Waals surface area (Å²) in [6, 6.07) is 3.95. The Labute approximate surface area is 133 Å². The molecule has 0 unspecified atom stereocenters. The first-order chi connectivity index (χ1) is 10.8. The molecule has 2 rings (SSSR count). The molecule has 122 valence electrons. The highest BCUT2D eigenvalue weighted by Gasteiger charge is 2.11. The number of hydrogen-bond donors (Lipinski definition) is 2. The summed E-state index contributed by atoms with van der Waals surface area (Å²) >= 11 is 0.